The van der Waals surface area contributed by atoms with Crippen LogP contribution in [0, 0.1) is 11.3 Å². The first kappa shape index (κ1) is 6.89. The number of hydrogen-bond donors (Lipinski definition) is 1. The summed E-state index contributed by atoms with van der Waals surface area (Å²) < 4.78 is 0. The number of carboxylic acids is 1. The van der Waals surface area contributed by atoms with Gasteiger partial charge in [-0.1, -0.05) is 12.2 Å². The van der Waals surface area contributed by atoms with Crippen molar-refractivity contribution in [2.24, 2.45) is 11.3 Å². The molecule has 1 fully saturated rings. The molecule has 0 saturated heterocycles. The molecule has 0 aromatic rings. The number of rotatable bonds is 2. The minimum Gasteiger partial charge on any atom is -0.481 e. The van der Waals surface area contributed by atoms with Gasteiger partial charge in [-0.25, -0.2) is 0 Å². The first-order valence-corrected chi connectivity index (χ1v) is 4.11. The van der Waals surface area contributed by atoms with Crippen LogP contribution in [0.2, 0.25) is 0 Å². The van der Waals surface area contributed by atoms with Crippen LogP contribution in [0.15, 0.2) is 12.2 Å². The molecule has 0 aliphatic heterocycles. The van der Waals surface area contributed by atoms with Crippen LogP contribution >= 0.6 is 0 Å². The van der Waals surface area contributed by atoms with Crippen LogP contribution in [0.25, 0.3) is 0 Å². The zero-order valence-corrected chi connectivity index (χ0v) is 6.42. The third-order valence-corrected chi connectivity index (χ3v) is 2.91. The molecular formula is C9H12O2. The molecule has 2 rings (SSSR count). The second-order valence-electron chi connectivity index (χ2n) is 3.79. The normalized spacial score (nSPS) is 39.8. The summed E-state index contributed by atoms with van der Waals surface area (Å²) in [7, 11) is 0. The van der Waals surface area contributed by atoms with E-state index in [1.165, 1.54) is 6.42 Å². The molecule has 2 bridgehead atoms. The highest BCUT2D eigenvalue weighted by Crippen LogP contribution is 2.51. The maximum Gasteiger partial charge on any atom is 0.304 e. The summed E-state index contributed by atoms with van der Waals surface area (Å²) in [4.78, 5) is 10.5. The Morgan fingerprint density at radius 3 is 2.91 bits per heavy atom. The molecule has 11 heavy (non-hydrogen) atoms. The highest BCUT2D eigenvalue weighted by molar-refractivity contribution is 5.68. The van der Waals surface area contributed by atoms with Gasteiger partial charge in [0.1, 0.15) is 0 Å². The van der Waals surface area contributed by atoms with E-state index in [1.807, 2.05) is 0 Å². The van der Waals surface area contributed by atoms with Gasteiger partial charge in [0, 0.05) is 0 Å². The molecule has 0 heterocycles. The average molecular weight is 152 g/mol. The van der Waals surface area contributed by atoms with Gasteiger partial charge in [0.25, 0.3) is 0 Å². The third-order valence-electron chi connectivity index (χ3n) is 2.91. The van der Waals surface area contributed by atoms with E-state index in [0.29, 0.717) is 12.3 Å². The summed E-state index contributed by atoms with van der Waals surface area (Å²) in [5.74, 6) is 0.0338. The topological polar surface area (TPSA) is 37.3 Å². The Hall–Kier alpha value is -0.790. The van der Waals surface area contributed by atoms with Gasteiger partial charge in [-0.15, -0.1) is 0 Å². The molecule has 0 aromatic heterocycles. The van der Waals surface area contributed by atoms with E-state index in [2.05, 4.69) is 12.2 Å². The molecule has 1 N–H and O–H groups in total. The second-order valence-corrected chi connectivity index (χ2v) is 3.79. The van der Waals surface area contributed by atoms with Crippen LogP contribution in [0.4, 0.5) is 0 Å². The molecule has 2 nitrogen and oxygen atoms in total. The molecule has 0 spiro atoms. The van der Waals surface area contributed by atoms with Gasteiger partial charge in [0.2, 0.25) is 0 Å². The fourth-order valence-corrected chi connectivity index (χ4v) is 2.38. The number of aliphatic carboxylic acids is 1. The van der Waals surface area contributed by atoms with Gasteiger partial charge in [-0.3, -0.25) is 4.79 Å². The molecule has 2 atom stereocenters. The van der Waals surface area contributed by atoms with Gasteiger partial charge >= 0.3 is 5.97 Å². The van der Waals surface area contributed by atoms with Gasteiger partial charge in [-0.2, -0.15) is 0 Å². The Labute approximate surface area is 65.9 Å². The van der Waals surface area contributed by atoms with Crippen molar-refractivity contribution in [1.82, 2.24) is 0 Å². The average Bonchev–Trinajstić information content (AvgIpc) is 2.43. The van der Waals surface area contributed by atoms with E-state index in [4.69, 9.17) is 5.11 Å². The summed E-state index contributed by atoms with van der Waals surface area (Å²) in [6.45, 7) is 0. The predicted octanol–water partition coefficient (Wildman–Crippen LogP) is 1.82. The first-order chi connectivity index (χ1) is 5.20. The van der Waals surface area contributed by atoms with E-state index in [0.717, 1.165) is 12.8 Å². The Balaban J connectivity index is 2.11. The van der Waals surface area contributed by atoms with Gasteiger partial charge in [-0.05, 0) is 30.6 Å². The number of allylic oxidation sites excluding steroid dienone is 2. The summed E-state index contributed by atoms with van der Waals surface area (Å²) in [5.41, 5.74) is 0.0521. The van der Waals surface area contributed by atoms with Crippen LogP contribution in [0.5, 0.6) is 0 Å². The quantitative estimate of drug-likeness (QED) is 0.613. The summed E-state index contributed by atoms with van der Waals surface area (Å²) in [6.07, 6.45) is 8.01. The van der Waals surface area contributed by atoms with Crippen LogP contribution in [-0.4, -0.2) is 11.1 Å². The third kappa shape index (κ3) is 1.06. The molecule has 1 saturated carbocycles. The van der Waals surface area contributed by atoms with Crippen molar-refractivity contribution in [3.63, 3.8) is 0 Å². The van der Waals surface area contributed by atoms with Crippen molar-refractivity contribution >= 4 is 5.97 Å². The molecule has 0 radical (unpaired) electrons. The van der Waals surface area contributed by atoms with Crippen LogP contribution in [0.3, 0.4) is 0 Å². The summed E-state index contributed by atoms with van der Waals surface area (Å²) in [5, 5.41) is 8.65. The van der Waals surface area contributed by atoms with E-state index < -0.39 is 5.97 Å². The first-order valence-electron chi connectivity index (χ1n) is 4.11. The SMILES string of the molecule is O=C(O)CC12C=CC(CC1)C2. The Bertz CT molecular complexity index is 220. The fraction of sp³-hybridized carbons (Fsp3) is 0.667. The van der Waals surface area contributed by atoms with Gasteiger partial charge < -0.3 is 5.11 Å². The zero-order valence-electron chi connectivity index (χ0n) is 6.42. The van der Waals surface area contributed by atoms with Crippen LogP contribution in [0.1, 0.15) is 25.7 Å². The minimum atomic E-state index is -0.655. The van der Waals surface area contributed by atoms with Gasteiger partial charge in [0.15, 0.2) is 0 Å². The standard InChI is InChI=1S/C9H12O2/c10-8(11)6-9-3-1-7(5-9)2-4-9/h1,3,7H,2,4-6H2,(H,10,11). The summed E-state index contributed by atoms with van der Waals surface area (Å²) >= 11 is 0. The van der Waals surface area contributed by atoms with Gasteiger partial charge in [0.05, 0.1) is 6.42 Å². The van der Waals surface area contributed by atoms with Crippen molar-refractivity contribution in [3.8, 4) is 0 Å². The molecule has 2 aliphatic rings. The van der Waals surface area contributed by atoms with Crippen molar-refractivity contribution in [1.29, 1.82) is 0 Å². The molecule has 0 aromatic carbocycles. The monoisotopic (exact) mass is 152 g/mol. The number of fused-ring (bicyclic) bond motifs is 2. The maximum atomic E-state index is 10.5. The lowest BCUT2D eigenvalue weighted by molar-refractivity contribution is -0.138. The largest absolute Gasteiger partial charge is 0.481 e. The predicted molar refractivity (Wildman–Crippen MR) is 41.2 cm³/mol. The lowest BCUT2D eigenvalue weighted by Gasteiger charge is -2.19. The van der Waals surface area contributed by atoms with Crippen molar-refractivity contribution in [2.45, 2.75) is 25.7 Å². The summed E-state index contributed by atoms with van der Waals surface area (Å²) in [6, 6.07) is 0. The molecule has 2 heteroatoms. The highest BCUT2D eigenvalue weighted by Gasteiger charge is 2.41. The number of hydrogen-bond acceptors (Lipinski definition) is 1. The number of carboxylic acid groups (broad SMARTS) is 1. The Morgan fingerprint density at radius 2 is 2.55 bits per heavy atom. The lowest BCUT2D eigenvalue weighted by atomic mass is 9.84. The molecule has 2 aliphatic carbocycles. The van der Waals surface area contributed by atoms with Crippen LogP contribution in [-0.2, 0) is 4.79 Å². The fourth-order valence-electron chi connectivity index (χ4n) is 2.38. The molecule has 2 unspecified atom stereocenters. The van der Waals surface area contributed by atoms with Crippen molar-refractivity contribution in [2.75, 3.05) is 0 Å². The van der Waals surface area contributed by atoms with E-state index in [-0.39, 0.29) is 5.41 Å². The van der Waals surface area contributed by atoms with E-state index >= 15 is 0 Å². The zero-order chi connectivity index (χ0) is 7.90. The smallest absolute Gasteiger partial charge is 0.304 e. The van der Waals surface area contributed by atoms with E-state index in [9.17, 15) is 4.79 Å². The van der Waals surface area contributed by atoms with Crippen LogP contribution < -0.4 is 0 Å². The second kappa shape index (κ2) is 2.10. The molecule has 60 valence electrons. The minimum absolute atomic E-state index is 0.0521. The van der Waals surface area contributed by atoms with Crippen molar-refractivity contribution < 1.29 is 9.90 Å². The maximum absolute atomic E-state index is 10.5. The number of carbonyl (C=O) groups is 1. The molecular weight excluding hydrogens is 140 g/mol. The molecule has 0 amide bonds. The highest BCUT2D eigenvalue weighted by atomic mass is 16.4. The Morgan fingerprint density at radius 1 is 1.73 bits per heavy atom. The lowest BCUT2D eigenvalue weighted by Crippen LogP contribution is -2.16. The van der Waals surface area contributed by atoms with E-state index in [1.54, 1.807) is 0 Å². The van der Waals surface area contributed by atoms with Crippen molar-refractivity contribution in [3.05, 3.63) is 12.2 Å². The Kier molecular flexibility index (Phi) is 1.31.